The van der Waals surface area contributed by atoms with E-state index >= 15 is 0 Å². The predicted molar refractivity (Wildman–Crippen MR) is 75.7 cm³/mol. The lowest BCUT2D eigenvalue weighted by molar-refractivity contribution is 0.108. The lowest BCUT2D eigenvalue weighted by Crippen LogP contribution is -2.57. The summed E-state index contributed by atoms with van der Waals surface area (Å²) in [6, 6.07) is 4.77. The summed E-state index contributed by atoms with van der Waals surface area (Å²) in [5, 5.41) is 3.55. The first-order chi connectivity index (χ1) is 8.69. The summed E-state index contributed by atoms with van der Waals surface area (Å²) in [6.45, 7) is 0. The Hall–Kier alpha value is -0.930. The van der Waals surface area contributed by atoms with Crippen LogP contribution in [0.4, 0.5) is 0 Å². The Balaban J connectivity index is 2.16. The van der Waals surface area contributed by atoms with Crippen molar-refractivity contribution in [3.63, 3.8) is 0 Å². The molecular formula is C15H25N3. The fourth-order valence-electron chi connectivity index (χ4n) is 3.41. The maximum Gasteiger partial charge on any atom is 0.0359 e. The van der Waals surface area contributed by atoms with E-state index in [4.69, 9.17) is 0 Å². The molecule has 1 aromatic heterocycles. The summed E-state index contributed by atoms with van der Waals surface area (Å²) in [7, 11) is 6.54. The Morgan fingerprint density at radius 3 is 2.39 bits per heavy atom. The summed E-state index contributed by atoms with van der Waals surface area (Å²) in [5.41, 5.74) is 1.69. The molecule has 100 valence electrons. The Labute approximate surface area is 111 Å². The van der Waals surface area contributed by atoms with Crippen molar-refractivity contribution in [2.24, 2.45) is 0 Å². The largest absolute Gasteiger partial charge is 0.315 e. The summed E-state index contributed by atoms with van der Waals surface area (Å²) in [5.74, 6) is 0. The molecule has 2 rings (SSSR count). The van der Waals surface area contributed by atoms with Crippen LogP contribution in [-0.4, -0.2) is 42.6 Å². The maximum atomic E-state index is 4.10. The fourth-order valence-corrected chi connectivity index (χ4v) is 3.41. The standard InChI is InChI=1S/C15H25N3/c1-16-14(12-13-6-10-17-11-7-13)15(18(2)3)8-4-5-9-15/h6-7,10-11,14,16H,4-5,8-9,12H2,1-3H3. The number of aromatic nitrogens is 1. The van der Waals surface area contributed by atoms with Crippen LogP contribution in [0.2, 0.25) is 0 Å². The predicted octanol–water partition coefficient (Wildman–Crippen LogP) is 2.09. The van der Waals surface area contributed by atoms with Gasteiger partial charge in [-0.25, -0.2) is 0 Å². The van der Waals surface area contributed by atoms with Crippen molar-refractivity contribution in [1.29, 1.82) is 0 Å². The first-order valence-electron chi connectivity index (χ1n) is 6.92. The van der Waals surface area contributed by atoms with Gasteiger partial charge >= 0.3 is 0 Å². The van der Waals surface area contributed by atoms with Gasteiger partial charge in [0.1, 0.15) is 0 Å². The molecule has 1 aliphatic rings. The van der Waals surface area contributed by atoms with Crippen molar-refractivity contribution in [2.45, 2.75) is 43.7 Å². The molecule has 0 amide bonds. The molecule has 1 N–H and O–H groups in total. The number of nitrogens with one attached hydrogen (secondary N) is 1. The van der Waals surface area contributed by atoms with Crippen molar-refractivity contribution < 1.29 is 0 Å². The van der Waals surface area contributed by atoms with E-state index in [0.717, 1.165) is 6.42 Å². The quantitative estimate of drug-likeness (QED) is 0.863. The Bertz CT molecular complexity index is 355. The third-order valence-electron chi connectivity index (χ3n) is 4.55. The summed E-state index contributed by atoms with van der Waals surface area (Å²) < 4.78 is 0. The van der Waals surface area contributed by atoms with Crippen LogP contribution >= 0.6 is 0 Å². The molecule has 1 aromatic rings. The van der Waals surface area contributed by atoms with Crippen LogP contribution in [0, 0.1) is 0 Å². The first-order valence-corrected chi connectivity index (χ1v) is 6.92. The van der Waals surface area contributed by atoms with Crippen LogP contribution < -0.4 is 5.32 Å². The molecule has 0 aliphatic heterocycles. The van der Waals surface area contributed by atoms with Crippen molar-refractivity contribution >= 4 is 0 Å². The molecule has 0 bridgehead atoms. The van der Waals surface area contributed by atoms with Crippen molar-refractivity contribution in [3.8, 4) is 0 Å². The molecule has 0 spiro atoms. The minimum atomic E-state index is 0.317. The molecular weight excluding hydrogens is 222 g/mol. The van der Waals surface area contributed by atoms with Gasteiger partial charge in [0.05, 0.1) is 0 Å². The number of nitrogens with zero attached hydrogens (tertiary/aromatic N) is 2. The number of likely N-dealkylation sites (N-methyl/N-ethyl adjacent to an activating group) is 2. The molecule has 1 unspecified atom stereocenters. The fraction of sp³-hybridized carbons (Fsp3) is 0.667. The summed E-state index contributed by atoms with van der Waals surface area (Å²) in [4.78, 5) is 6.53. The van der Waals surface area contributed by atoms with Crippen LogP contribution in [0.1, 0.15) is 31.2 Å². The Morgan fingerprint density at radius 1 is 1.28 bits per heavy atom. The highest BCUT2D eigenvalue weighted by Crippen LogP contribution is 2.37. The van der Waals surface area contributed by atoms with E-state index in [1.165, 1.54) is 31.2 Å². The Morgan fingerprint density at radius 2 is 1.89 bits per heavy atom. The summed E-state index contributed by atoms with van der Waals surface area (Å²) >= 11 is 0. The van der Waals surface area contributed by atoms with E-state index in [2.05, 4.69) is 48.5 Å². The van der Waals surface area contributed by atoms with Gasteiger partial charge in [-0.1, -0.05) is 12.8 Å². The molecule has 1 fully saturated rings. The van der Waals surface area contributed by atoms with Crippen LogP contribution in [0.3, 0.4) is 0 Å². The van der Waals surface area contributed by atoms with Gasteiger partial charge in [0.15, 0.2) is 0 Å². The second-order valence-electron chi connectivity index (χ2n) is 5.61. The third kappa shape index (κ3) is 2.57. The second kappa shape index (κ2) is 5.81. The molecule has 1 aliphatic carbocycles. The van der Waals surface area contributed by atoms with E-state index in [9.17, 15) is 0 Å². The molecule has 1 heterocycles. The van der Waals surface area contributed by atoms with Crippen LogP contribution in [0.15, 0.2) is 24.5 Å². The Kier molecular flexibility index (Phi) is 4.36. The van der Waals surface area contributed by atoms with E-state index < -0.39 is 0 Å². The number of hydrogen-bond acceptors (Lipinski definition) is 3. The molecule has 1 saturated carbocycles. The summed E-state index contributed by atoms with van der Waals surface area (Å²) in [6.07, 6.45) is 10.2. The average Bonchev–Trinajstić information content (AvgIpc) is 2.87. The normalized spacial score (nSPS) is 20.2. The number of pyridine rings is 1. The highest BCUT2D eigenvalue weighted by molar-refractivity contribution is 5.15. The number of hydrogen-bond donors (Lipinski definition) is 1. The van der Waals surface area contributed by atoms with E-state index in [1.807, 2.05) is 12.4 Å². The molecule has 1 atom stereocenters. The minimum absolute atomic E-state index is 0.317. The smallest absolute Gasteiger partial charge is 0.0359 e. The van der Waals surface area contributed by atoms with Gasteiger partial charge in [0.25, 0.3) is 0 Å². The number of rotatable bonds is 5. The SMILES string of the molecule is CNC(Cc1ccncc1)C1(N(C)C)CCCC1. The lowest BCUT2D eigenvalue weighted by atomic mass is 9.83. The second-order valence-corrected chi connectivity index (χ2v) is 5.61. The molecule has 3 nitrogen and oxygen atoms in total. The minimum Gasteiger partial charge on any atom is -0.315 e. The molecule has 0 saturated heterocycles. The van der Waals surface area contributed by atoms with Crippen molar-refractivity contribution in [1.82, 2.24) is 15.2 Å². The average molecular weight is 247 g/mol. The molecule has 18 heavy (non-hydrogen) atoms. The van der Waals surface area contributed by atoms with Crippen molar-refractivity contribution in [3.05, 3.63) is 30.1 Å². The zero-order valence-corrected chi connectivity index (χ0v) is 11.8. The molecule has 0 radical (unpaired) electrons. The molecule has 0 aromatic carbocycles. The van der Waals surface area contributed by atoms with E-state index in [1.54, 1.807) is 0 Å². The van der Waals surface area contributed by atoms with E-state index in [-0.39, 0.29) is 0 Å². The van der Waals surface area contributed by atoms with Crippen molar-refractivity contribution in [2.75, 3.05) is 21.1 Å². The first kappa shape index (κ1) is 13.5. The third-order valence-corrected chi connectivity index (χ3v) is 4.55. The van der Waals surface area contributed by atoms with Gasteiger partial charge in [-0.15, -0.1) is 0 Å². The zero-order valence-electron chi connectivity index (χ0n) is 11.8. The highest BCUT2D eigenvalue weighted by atomic mass is 15.2. The van der Waals surface area contributed by atoms with Gasteiger partial charge in [0, 0.05) is 24.0 Å². The van der Waals surface area contributed by atoms with Gasteiger partial charge in [-0.3, -0.25) is 4.98 Å². The van der Waals surface area contributed by atoms with Crippen LogP contribution in [-0.2, 0) is 6.42 Å². The van der Waals surface area contributed by atoms with Gasteiger partial charge < -0.3 is 10.2 Å². The zero-order chi connectivity index (χ0) is 13.0. The highest BCUT2D eigenvalue weighted by Gasteiger charge is 2.42. The lowest BCUT2D eigenvalue weighted by Gasteiger charge is -2.43. The topological polar surface area (TPSA) is 28.2 Å². The van der Waals surface area contributed by atoms with Gasteiger partial charge in [0.2, 0.25) is 0 Å². The maximum absolute atomic E-state index is 4.10. The molecule has 3 heteroatoms. The monoisotopic (exact) mass is 247 g/mol. The van der Waals surface area contributed by atoms with Gasteiger partial charge in [-0.2, -0.15) is 0 Å². The van der Waals surface area contributed by atoms with E-state index in [0.29, 0.717) is 11.6 Å². The van der Waals surface area contributed by atoms with Crippen LogP contribution in [0.25, 0.3) is 0 Å². The van der Waals surface area contributed by atoms with Gasteiger partial charge in [-0.05, 0) is 58.1 Å². The van der Waals surface area contributed by atoms with Crippen LogP contribution in [0.5, 0.6) is 0 Å².